The van der Waals surface area contributed by atoms with E-state index in [1.807, 2.05) is 0 Å². The summed E-state index contributed by atoms with van der Waals surface area (Å²) >= 11 is 0. The number of hydrogen-bond acceptors (Lipinski definition) is 3. The van der Waals surface area contributed by atoms with Crippen molar-refractivity contribution in [3.8, 4) is 6.07 Å². The summed E-state index contributed by atoms with van der Waals surface area (Å²) in [5, 5.41) is 20.5. The number of guanidine groups is 1. The lowest BCUT2D eigenvalue weighted by Crippen LogP contribution is -2.62. The van der Waals surface area contributed by atoms with Crippen molar-refractivity contribution in [3.63, 3.8) is 0 Å². The molecule has 1 aliphatic heterocycles. The van der Waals surface area contributed by atoms with Gasteiger partial charge in [0.05, 0.1) is 23.1 Å². The maximum absolute atomic E-state index is 14.0. The monoisotopic (exact) mass is 396 g/mol. The van der Waals surface area contributed by atoms with Gasteiger partial charge in [0.2, 0.25) is 5.91 Å². The number of alkyl halides is 2. The molecular weight excluding hydrogens is 374 g/mol. The van der Waals surface area contributed by atoms with Crippen LogP contribution in [-0.4, -0.2) is 23.8 Å². The molecule has 0 radical (unpaired) electrons. The van der Waals surface area contributed by atoms with Crippen molar-refractivity contribution in [1.82, 2.24) is 10.2 Å². The number of halogens is 2. The summed E-state index contributed by atoms with van der Waals surface area (Å²) in [6.45, 7) is 3.20. The molecule has 5 nitrogen and oxygen atoms in total. The van der Waals surface area contributed by atoms with Crippen LogP contribution in [0.4, 0.5) is 8.78 Å². The average Bonchev–Trinajstić information content (AvgIpc) is 2.72. The van der Waals surface area contributed by atoms with Crippen LogP contribution < -0.4 is 5.32 Å². The first-order chi connectivity index (χ1) is 13.6. The van der Waals surface area contributed by atoms with Crippen molar-refractivity contribution in [1.29, 1.82) is 10.7 Å². The zero-order valence-electron chi connectivity index (χ0n) is 16.5. The minimum absolute atomic E-state index is 0.0646. The van der Waals surface area contributed by atoms with Crippen LogP contribution in [0.15, 0.2) is 48.5 Å². The normalized spacial score (nSPS) is 22.2. The largest absolute Gasteiger partial charge is 0.346 e. The molecule has 7 heteroatoms. The third-order valence-corrected chi connectivity index (χ3v) is 5.57. The number of amides is 1. The molecule has 2 atom stereocenters. The van der Waals surface area contributed by atoms with Crippen LogP contribution in [0.3, 0.4) is 0 Å². The van der Waals surface area contributed by atoms with Gasteiger partial charge in [0.25, 0.3) is 5.92 Å². The number of rotatable bonds is 4. The van der Waals surface area contributed by atoms with Gasteiger partial charge in [0, 0.05) is 19.0 Å². The van der Waals surface area contributed by atoms with E-state index in [0.29, 0.717) is 16.7 Å². The number of likely N-dealkylation sites (N-methyl/N-ethyl adjacent to an activating group) is 1. The van der Waals surface area contributed by atoms with Gasteiger partial charge in [-0.1, -0.05) is 43.3 Å². The van der Waals surface area contributed by atoms with Crippen LogP contribution in [0.5, 0.6) is 0 Å². The summed E-state index contributed by atoms with van der Waals surface area (Å²) in [4.78, 5) is 14.4. The van der Waals surface area contributed by atoms with Gasteiger partial charge in [-0.3, -0.25) is 15.1 Å². The van der Waals surface area contributed by atoms with E-state index in [9.17, 15) is 18.8 Å². The fourth-order valence-electron chi connectivity index (χ4n) is 3.70. The van der Waals surface area contributed by atoms with Gasteiger partial charge < -0.3 is 5.32 Å². The van der Waals surface area contributed by atoms with Gasteiger partial charge in [0.15, 0.2) is 5.96 Å². The smallest absolute Gasteiger partial charge is 0.273 e. The van der Waals surface area contributed by atoms with Crippen LogP contribution in [0.2, 0.25) is 0 Å². The number of nitriles is 1. The molecule has 150 valence electrons. The average molecular weight is 396 g/mol. The Morgan fingerprint density at radius 3 is 2.52 bits per heavy atom. The molecule has 1 saturated heterocycles. The Morgan fingerprint density at radius 1 is 1.28 bits per heavy atom. The lowest BCUT2D eigenvalue weighted by atomic mass is 9.73. The van der Waals surface area contributed by atoms with E-state index in [1.54, 1.807) is 43.3 Å². The van der Waals surface area contributed by atoms with E-state index in [0.717, 1.165) is 0 Å². The molecule has 0 unspecified atom stereocenters. The molecule has 3 rings (SSSR count). The van der Waals surface area contributed by atoms with Crippen molar-refractivity contribution in [3.05, 3.63) is 70.8 Å². The van der Waals surface area contributed by atoms with E-state index >= 15 is 0 Å². The first kappa shape index (κ1) is 20.5. The molecule has 0 bridgehead atoms. The second kappa shape index (κ2) is 7.28. The molecule has 2 aromatic rings. The molecule has 29 heavy (non-hydrogen) atoms. The predicted molar refractivity (Wildman–Crippen MR) is 106 cm³/mol. The van der Waals surface area contributed by atoms with Crippen LogP contribution in [0.1, 0.15) is 48.4 Å². The van der Waals surface area contributed by atoms with Crippen molar-refractivity contribution >= 4 is 11.9 Å². The Labute approximate surface area is 168 Å². The predicted octanol–water partition coefficient (Wildman–Crippen LogP) is 4.06. The van der Waals surface area contributed by atoms with E-state index in [-0.39, 0.29) is 23.9 Å². The molecule has 1 fully saturated rings. The molecule has 1 aliphatic rings. The topological polar surface area (TPSA) is 80.0 Å². The Balaban J connectivity index is 2.13. The Morgan fingerprint density at radius 2 is 1.93 bits per heavy atom. The second-order valence-corrected chi connectivity index (χ2v) is 7.38. The van der Waals surface area contributed by atoms with Crippen LogP contribution in [0, 0.1) is 16.7 Å². The summed E-state index contributed by atoms with van der Waals surface area (Å²) in [6, 6.07) is 14.7. The van der Waals surface area contributed by atoms with E-state index in [1.165, 1.54) is 31.0 Å². The Bertz CT molecular complexity index is 997. The molecule has 0 saturated carbocycles. The molecule has 1 amide bonds. The van der Waals surface area contributed by atoms with E-state index in [2.05, 4.69) is 11.4 Å². The van der Waals surface area contributed by atoms with Crippen molar-refractivity contribution in [2.24, 2.45) is 0 Å². The summed E-state index contributed by atoms with van der Waals surface area (Å²) in [5.41, 5.74) is 0.523. The number of nitrogens with zero attached hydrogens (tertiary/aromatic N) is 2. The number of nitrogens with one attached hydrogen (secondary N) is 2. The zero-order chi connectivity index (χ0) is 21.4. The highest BCUT2D eigenvalue weighted by molar-refractivity contribution is 6.02. The standard InChI is InChI=1S/C22H22F2N4O/c1-4-22(23,24)16-10-8-15(9-11-16)18-19(29)28(3)20(26)27-21(18,2)17-7-5-6-14(12-17)13-25/h5-12,18H,4H2,1-3H3,(H2,26,27)/t18-,21+/m0/s1. The van der Waals surface area contributed by atoms with Crippen LogP contribution >= 0.6 is 0 Å². The first-order valence-electron chi connectivity index (χ1n) is 9.27. The van der Waals surface area contributed by atoms with Crippen LogP contribution in [0.25, 0.3) is 0 Å². The third kappa shape index (κ3) is 3.46. The van der Waals surface area contributed by atoms with Gasteiger partial charge in [-0.2, -0.15) is 5.26 Å². The zero-order valence-corrected chi connectivity index (χ0v) is 16.5. The lowest BCUT2D eigenvalue weighted by Gasteiger charge is -2.46. The molecule has 2 aromatic carbocycles. The number of benzene rings is 2. The summed E-state index contributed by atoms with van der Waals surface area (Å²) in [5.74, 6) is -4.09. The minimum Gasteiger partial charge on any atom is -0.346 e. The molecular formula is C22H22F2N4O. The first-order valence-corrected chi connectivity index (χ1v) is 9.27. The van der Waals surface area contributed by atoms with E-state index < -0.39 is 17.4 Å². The third-order valence-electron chi connectivity index (χ3n) is 5.57. The van der Waals surface area contributed by atoms with Gasteiger partial charge in [0.1, 0.15) is 0 Å². The number of hydrogen-bond donors (Lipinski definition) is 2. The second-order valence-electron chi connectivity index (χ2n) is 7.38. The van der Waals surface area contributed by atoms with Gasteiger partial charge in [-0.25, -0.2) is 8.78 Å². The lowest BCUT2D eigenvalue weighted by molar-refractivity contribution is -0.131. The highest BCUT2D eigenvalue weighted by atomic mass is 19.3. The quantitative estimate of drug-likeness (QED) is 0.818. The van der Waals surface area contributed by atoms with Gasteiger partial charge in [-0.05, 0) is 30.2 Å². The van der Waals surface area contributed by atoms with Crippen molar-refractivity contribution in [2.75, 3.05) is 7.05 Å². The highest BCUT2D eigenvalue weighted by Crippen LogP contribution is 2.42. The summed E-state index contributed by atoms with van der Waals surface area (Å²) in [7, 11) is 1.50. The fourth-order valence-corrected chi connectivity index (χ4v) is 3.70. The fraction of sp³-hybridized carbons (Fsp3) is 0.318. The SMILES string of the molecule is CCC(F)(F)c1ccc([C@H]2C(=O)N(C)C(=N)N[C@]2(C)c2cccc(C#N)c2)cc1. The molecule has 0 aromatic heterocycles. The molecule has 2 N–H and O–H groups in total. The molecule has 0 spiro atoms. The van der Waals surface area contributed by atoms with Gasteiger partial charge in [-0.15, -0.1) is 0 Å². The van der Waals surface area contributed by atoms with Crippen LogP contribution in [-0.2, 0) is 16.3 Å². The maximum Gasteiger partial charge on any atom is 0.273 e. The van der Waals surface area contributed by atoms with Gasteiger partial charge >= 0.3 is 0 Å². The van der Waals surface area contributed by atoms with E-state index in [4.69, 9.17) is 5.41 Å². The number of carbonyl (C=O) groups is 1. The summed E-state index contributed by atoms with van der Waals surface area (Å²) in [6.07, 6.45) is -0.311. The highest BCUT2D eigenvalue weighted by Gasteiger charge is 2.48. The Kier molecular flexibility index (Phi) is 5.14. The van der Waals surface area contributed by atoms with Crippen molar-refractivity contribution < 1.29 is 13.6 Å². The molecule has 0 aliphatic carbocycles. The maximum atomic E-state index is 14.0. The summed E-state index contributed by atoms with van der Waals surface area (Å²) < 4.78 is 28.0. The minimum atomic E-state index is -2.93. The Hall–Kier alpha value is -3.27. The number of carbonyl (C=O) groups excluding carboxylic acids is 1. The van der Waals surface area contributed by atoms with Crippen molar-refractivity contribution in [2.45, 2.75) is 37.6 Å². The molecule has 1 heterocycles.